The van der Waals surface area contributed by atoms with Crippen molar-refractivity contribution in [1.29, 1.82) is 0 Å². The average molecular weight is 367 g/mol. The molecule has 2 unspecified atom stereocenters. The first-order valence-corrected chi connectivity index (χ1v) is 10.4. The third-order valence-corrected chi connectivity index (χ3v) is 5.96. The van der Waals surface area contributed by atoms with Crippen LogP contribution in [-0.4, -0.2) is 56.8 Å². The molecule has 0 bridgehead atoms. The van der Waals surface area contributed by atoms with Gasteiger partial charge in [-0.25, -0.2) is 0 Å². The second-order valence-corrected chi connectivity index (χ2v) is 7.70. The Morgan fingerprint density at radius 2 is 2.12 bits per heavy atom. The molecule has 1 aromatic rings. The molecule has 0 amide bonds. The zero-order valence-corrected chi connectivity index (χ0v) is 16.9. The van der Waals surface area contributed by atoms with Crippen molar-refractivity contribution in [1.82, 2.24) is 15.5 Å². The van der Waals surface area contributed by atoms with Crippen LogP contribution >= 0.6 is 11.3 Å². The van der Waals surface area contributed by atoms with E-state index < -0.39 is 0 Å². The fourth-order valence-corrected chi connectivity index (χ4v) is 4.11. The van der Waals surface area contributed by atoms with Crippen molar-refractivity contribution in [2.45, 2.75) is 45.8 Å². The Balaban J connectivity index is 1.94. The molecule has 1 aromatic heterocycles. The summed E-state index contributed by atoms with van der Waals surface area (Å²) in [4.78, 5) is 8.33. The van der Waals surface area contributed by atoms with Crippen LogP contribution in [0.4, 0.5) is 0 Å². The van der Waals surface area contributed by atoms with Crippen LogP contribution in [0.5, 0.6) is 0 Å². The number of thiophene rings is 1. The summed E-state index contributed by atoms with van der Waals surface area (Å²) in [6.07, 6.45) is 2.69. The lowest BCUT2D eigenvalue weighted by molar-refractivity contribution is -0.0334. The second kappa shape index (κ2) is 10.8. The van der Waals surface area contributed by atoms with Gasteiger partial charge < -0.3 is 15.4 Å². The summed E-state index contributed by atoms with van der Waals surface area (Å²) in [5.41, 5.74) is 0. The van der Waals surface area contributed by atoms with Gasteiger partial charge in [-0.2, -0.15) is 0 Å². The van der Waals surface area contributed by atoms with Gasteiger partial charge in [0, 0.05) is 38.1 Å². The Bertz CT molecular complexity index is 502. The molecule has 2 N–H and O–H groups in total. The molecule has 1 saturated heterocycles. The van der Waals surface area contributed by atoms with Crippen LogP contribution in [-0.2, 0) is 4.74 Å². The zero-order chi connectivity index (χ0) is 18.1. The maximum Gasteiger partial charge on any atom is 0.191 e. The molecule has 25 heavy (non-hydrogen) atoms. The zero-order valence-electron chi connectivity index (χ0n) is 16.1. The summed E-state index contributed by atoms with van der Waals surface area (Å²) >= 11 is 1.83. The molecule has 0 aliphatic carbocycles. The van der Waals surface area contributed by atoms with E-state index in [9.17, 15) is 0 Å². The van der Waals surface area contributed by atoms with Crippen LogP contribution < -0.4 is 10.6 Å². The molecule has 2 rings (SSSR count). The highest BCUT2D eigenvalue weighted by atomic mass is 32.1. The monoisotopic (exact) mass is 366 g/mol. The largest absolute Gasteiger partial charge is 0.376 e. The normalized spacial score (nSPS) is 20.7. The molecule has 1 fully saturated rings. The van der Waals surface area contributed by atoms with Gasteiger partial charge in [-0.3, -0.25) is 9.89 Å². The topological polar surface area (TPSA) is 48.9 Å². The number of morpholine rings is 1. The van der Waals surface area contributed by atoms with Crippen molar-refractivity contribution in [3.63, 3.8) is 0 Å². The van der Waals surface area contributed by atoms with Crippen LogP contribution in [0.2, 0.25) is 0 Å². The van der Waals surface area contributed by atoms with Crippen LogP contribution in [0.25, 0.3) is 0 Å². The minimum Gasteiger partial charge on any atom is -0.376 e. The summed E-state index contributed by atoms with van der Waals surface area (Å²) in [6, 6.07) is 4.73. The number of nitrogens with zero attached hydrogens (tertiary/aromatic N) is 2. The van der Waals surface area contributed by atoms with Crippen LogP contribution in [0.1, 0.15) is 44.5 Å². The molecular weight excluding hydrogens is 332 g/mol. The van der Waals surface area contributed by atoms with Gasteiger partial charge >= 0.3 is 0 Å². The van der Waals surface area contributed by atoms with E-state index >= 15 is 0 Å². The SMILES string of the molecule is CCC(CC)CNC(=NC)NCC(c1cccs1)N1CCOC(C)C1. The molecular formula is C19H34N4OS. The van der Waals surface area contributed by atoms with Gasteiger partial charge in [0.05, 0.1) is 18.8 Å². The van der Waals surface area contributed by atoms with E-state index in [4.69, 9.17) is 4.74 Å². The quantitative estimate of drug-likeness (QED) is 0.548. The summed E-state index contributed by atoms with van der Waals surface area (Å²) in [5, 5.41) is 9.18. The Morgan fingerprint density at radius 1 is 1.36 bits per heavy atom. The molecule has 0 saturated carbocycles. The number of hydrogen-bond donors (Lipinski definition) is 2. The van der Waals surface area contributed by atoms with Gasteiger partial charge in [0.25, 0.3) is 0 Å². The first-order valence-electron chi connectivity index (χ1n) is 9.51. The average Bonchev–Trinajstić information content (AvgIpc) is 3.15. The van der Waals surface area contributed by atoms with E-state index in [2.05, 4.69) is 58.8 Å². The van der Waals surface area contributed by atoms with Crippen molar-refractivity contribution in [3.05, 3.63) is 22.4 Å². The fourth-order valence-electron chi connectivity index (χ4n) is 3.25. The number of nitrogens with one attached hydrogen (secondary N) is 2. The molecule has 1 aliphatic rings. The van der Waals surface area contributed by atoms with Gasteiger partial charge in [0.2, 0.25) is 0 Å². The van der Waals surface area contributed by atoms with Gasteiger partial charge in [0.15, 0.2) is 5.96 Å². The van der Waals surface area contributed by atoms with Gasteiger partial charge in [-0.15, -0.1) is 11.3 Å². The maximum atomic E-state index is 5.72. The highest BCUT2D eigenvalue weighted by Gasteiger charge is 2.26. The van der Waals surface area contributed by atoms with E-state index in [1.165, 1.54) is 17.7 Å². The van der Waals surface area contributed by atoms with E-state index in [1.807, 2.05) is 18.4 Å². The number of aliphatic imine (C=N–C) groups is 1. The highest BCUT2D eigenvalue weighted by molar-refractivity contribution is 7.10. The fraction of sp³-hybridized carbons (Fsp3) is 0.737. The Morgan fingerprint density at radius 3 is 2.72 bits per heavy atom. The third kappa shape index (κ3) is 6.28. The van der Waals surface area contributed by atoms with Gasteiger partial charge in [-0.1, -0.05) is 32.8 Å². The summed E-state index contributed by atoms with van der Waals surface area (Å²) in [6.45, 7) is 11.3. The molecule has 1 aliphatic heterocycles. The van der Waals surface area contributed by atoms with Crippen molar-refractivity contribution in [3.8, 4) is 0 Å². The second-order valence-electron chi connectivity index (χ2n) is 6.72. The molecule has 2 heterocycles. The minimum atomic E-state index is 0.295. The molecule has 6 heteroatoms. The highest BCUT2D eigenvalue weighted by Crippen LogP contribution is 2.26. The van der Waals surface area contributed by atoms with E-state index in [0.717, 1.165) is 38.7 Å². The standard InChI is InChI=1S/C19H34N4OS/c1-5-16(6-2)12-21-19(20-4)22-13-17(18-8-7-11-25-18)23-9-10-24-15(3)14-23/h7-8,11,15-17H,5-6,9-10,12-14H2,1-4H3,(H2,20,21,22). The molecule has 142 valence electrons. The van der Waals surface area contributed by atoms with Crippen molar-refractivity contribution >= 4 is 17.3 Å². The van der Waals surface area contributed by atoms with Crippen molar-refractivity contribution in [2.75, 3.05) is 39.8 Å². The summed E-state index contributed by atoms with van der Waals surface area (Å²) in [5.74, 6) is 1.60. The number of ether oxygens (including phenoxy) is 1. The smallest absolute Gasteiger partial charge is 0.191 e. The Labute approximate surface area is 156 Å². The van der Waals surface area contributed by atoms with E-state index in [0.29, 0.717) is 18.1 Å². The predicted molar refractivity (Wildman–Crippen MR) is 107 cm³/mol. The van der Waals surface area contributed by atoms with E-state index in [1.54, 1.807) is 0 Å². The van der Waals surface area contributed by atoms with Crippen LogP contribution in [0.15, 0.2) is 22.5 Å². The maximum absolute atomic E-state index is 5.72. The molecule has 0 radical (unpaired) electrons. The van der Waals surface area contributed by atoms with Crippen molar-refractivity contribution < 1.29 is 4.74 Å². The van der Waals surface area contributed by atoms with Crippen LogP contribution in [0.3, 0.4) is 0 Å². The lowest BCUT2D eigenvalue weighted by Gasteiger charge is -2.37. The van der Waals surface area contributed by atoms with Gasteiger partial charge in [-0.05, 0) is 24.3 Å². The van der Waals surface area contributed by atoms with Crippen molar-refractivity contribution in [2.24, 2.45) is 10.9 Å². The summed E-state index contributed by atoms with van der Waals surface area (Å²) < 4.78 is 5.72. The summed E-state index contributed by atoms with van der Waals surface area (Å²) in [7, 11) is 1.85. The molecule has 0 spiro atoms. The predicted octanol–water partition coefficient (Wildman–Crippen LogP) is 3.11. The number of rotatable bonds is 8. The molecule has 5 nitrogen and oxygen atoms in total. The first-order chi connectivity index (χ1) is 12.2. The van der Waals surface area contributed by atoms with Gasteiger partial charge in [0.1, 0.15) is 0 Å². The third-order valence-electron chi connectivity index (χ3n) is 4.98. The first kappa shape index (κ1) is 20.2. The Hall–Kier alpha value is -1.11. The minimum absolute atomic E-state index is 0.295. The lowest BCUT2D eigenvalue weighted by atomic mass is 10.0. The van der Waals surface area contributed by atoms with E-state index in [-0.39, 0.29) is 0 Å². The Kier molecular flexibility index (Phi) is 8.72. The van der Waals surface area contributed by atoms with Crippen LogP contribution in [0, 0.1) is 5.92 Å². The molecule has 2 atom stereocenters. The lowest BCUT2D eigenvalue weighted by Crippen LogP contribution is -2.48. The number of guanidine groups is 1. The number of hydrogen-bond acceptors (Lipinski definition) is 4. The molecule has 0 aromatic carbocycles.